The molecule has 0 saturated carbocycles. The molecule has 3 N–H and O–H groups in total. The molecule has 0 aliphatic heterocycles. The van der Waals surface area contributed by atoms with Crippen LogP contribution in [0.5, 0.6) is 5.75 Å². The lowest BCUT2D eigenvalue weighted by Crippen LogP contribution is -2.43. The Hall–Kier alpha value is -2.53. The summed E-state index contributed by atoms with van der Waals surface area (Å²) in [4.78, 5) is 12.2. The molecule has 0 heterocycles. The molecule has 0 aromatic heterocycles. The molecular weight excluding hydrogens is 304 g/mol. The first-order valence-electron chi connectivity index (χ1n) is 8.09. The lowest BCUT2D eigenvalue weighted by molar-refractivity contribution is 0.219. The molecule has 0 bridgehead atoms. The second kappa shape index (κ2) is 8.93. The smallest absolute Gasteiger partial charge is 0.315 e. The Kier molecular flexibility index (Phi) is 6.63. The molecule has 0 fully saturated rings. The number of ether oxygens (including phenoxy) is 1. The molecule has 2 aromatic rings. The third-order valence-electron chi connectivity index (χ3n) is 3.58. The largest absolute Gasteiger partial charge is 0.494 e. The fourth-order valence-corrected chi connectivity index (χ4v) is 2.37. The summed E-state index contributed by atoms with van der Waals surface area (Å²) in [6.45, 7) is 4.19. The number of carbonyl (C=O) groups is 1. The Morgan fingerprint density at radius 1 is 1.04 bits per heavy atom. The number of aliphatic hydroxyl groups excluding tert-OH is 1. The van der Waals surface area contributed by atoms with Crippen LogP contribution in [0.1, 0.15) is 31.0 Å². The fraction of sp³-hybridized carbons (Fsp3) is 0.316. The SMILES string of the molecule is CCOc1ccc(C(NC(=O)NC(C)CO)c2ccccc2)cc1. The fourth-order valence-electron chi connectivity index (χ4n) is 2.37. The summed E-state index contributed by atoms with van der Waals surface area (Å²) in [6.07, 6.45) is 0. The molecule has 0 spiro atoms. The molecule has 2 amide bonds. The Labute approximate surface area is 142 Å². The van der Waals surface area contributed by atoms with Crippen molar-refractivity contribution in [2.45, 2.75) is 25.9 Å². The van der Waals surface area contributed by atoms with Gasteiger partial charge in [-0.05, 0) is 37.1 Å². The van der Waals surface area contributed by atoms with Gasteiger partial charge in [0.2, 0.25) is 0 Å². The summed E-state index contributed by atoms with van der Waals surface area (Å²) in [5.41, 5.74) is 1.94. The van der Waals surface area contributed by atoms with Crippen molar-refractivity contribution in [3.05, 3.63) is 65.7 Å². The highest BCUT2D eigenvalue weighted by atomic mass is 16.5. The van der Waals surface area contributed by atoms with E-state index in [1.54, 1.807) is 6.92 Å². The first-order valence-corrected chi connectivity index (χ1v) is 8.09. The highest BCUT2D eigenvalue weighted by Gasteiger charge is 2.17. The number of urea groups is 1. The summed E-state index contributed by atoms with van der Waals surface area (Å²) in [5.74, 6) is 0.798. The molecular formula is C19H24N2O3. The maximum absolute atomic E-state index is 12.2. The van der Waals surface area contributed by atoms with E-state index in [9.17, 15) is 4.79 Å². The highest BCUT2D eigenvalue weighted by Crippen LogP contribution is 2.24. The first-order chi connectivity index (χ1) is 11.6. The van der Waals surface area contributed by atoms with Gasteiger partial charge < -0.3 is 20.5 Å². The van der Waals surface area contributed by atoms with E-state index in [-0.39, 0.29) is 24.7 Å². The summed E-state index contributed by atoms with van der Waals surface area (Å²) in [5, 5.41) is 14.7. The Morgan fingerprint density at radius 3 is 2.25 bits per heavy atom. The number of nitrogens with one attached hydrogen (secondary N) is 2. The first kappa shape index (κ1) is 17.8. The van der Waals surface area contributed by atoms with Gasteiger partial charge in [0.1, 0.15) is 5.75 Å². The van der Waals surface area contributed by atoms with Crippen LogP contribution in [-0.4, -0.2) is 30.4 Å². The van der Waals surface area contributed by atoms with Gasteiger partial charge in [-0.25, -0.2) is 4.79 Å². The van der Waals surface area contributed by atoms with E-state index >= 15 is 0 Å². The average Bonchev–Trinajstić information content (AvgIpc) is 2.61. The minimum atomic E-state index is -0.320. The Morgan fingerprint density at radius 2 is 1.67 bits per heavy atom. The molecule has 2 atom stereocenters. The molecule has 5 heteroatoms. The Balaban J connectivity index is 2.21. The van der Waals surface area contributed by atoms with E-state index in [1.165, 1.54) is 0 Å². The molecule has 0 aliphatic rings. The monoisotopic (exact) mass is 328 g/mol. The third kappa shape index (κ3) is 4.99. The molecule has 0 saturated heterocycles. The second-order valence-corrected chi connectivity index (χ2v) is 5.55. The van der Waals surface area contributed by atoms with Crippen molar-refractivity contribution >= 4 is 6.03 Å². The number of hydrogen-bond acceptors (Lipinski definition) is 3. The molecule has 2 rings (SSSR count). The van der Waals surface area contributed by atoms with Gasteiger partial charge in [-0.1, -0.05) is 42.5 Å². The molecule has 0 radical (unpaired) electrons. The van der Waals surface area contributed by atoms with Crippen molar-refractivity contribution in [3.63, 3.8) is 0 Å². The van der Waals surface area contributed by atoms with Crippen LogP contribution >= 0.6 is 0 Å². The van der Waals surface area contributed by atoms with E-state index in [0.29, 0.717) is 6.61 Å². The van der Waals surface area contributed by atoms with Crippen LogP contribution in [0.4, 0.5) is 4.79 Å². The van der Waals surface area contributed by atoms with E-state index in [0.717, 1.165) is 16.9 Å². The van der Waals surface area contributed by atoms with Crippen molar-refractivity contribution in [2.75, 3.05) is 13.2 Å². The summed E-state index contributed by atoms with van der Waals surface area (Å²) < 4.78 is 5.47. The van der Waals surface area contributed by atoms with Gasteiger partial charge in [0, 0.05) is 0 Å². The molecule has 0 aliphatic carbocycles. The second-order valence-electron chi connectivity index (χ2n) is 5.55. The minimum Gasteiger partial charge on any atom is -0.494 e. The van der Waals surface area contributed by atoms with Crippen LogP contribution in [0.2, 0.25) is 0 Å². The molecule has 5 nitrogen and oxygen atoms in total. The van der Waals surface area contributed by atoms with Crippen LogP contribution in [-0.2, 0) is 0 Å². The highest BCUT2D eigenvalue weighted by molar-refractivity contribution is 5.75. The van der Waals surface area contributed by atoms with Crippen molar-refractivity contribution in [1.29, 1.82) is 0 Å². The van der Waals surface area contributed by atoms with Crippen LogP contribution < -0.4 is 15.4 Å². The number of carbonyl (C=O) groups excluding carboxylic acids is 1. The van der Waals surface area contributed by atoms with Crippen LogP contribution in [0.3, 0.4) is 0 Å². The normalized spacial score (nSPS) is 13.0. The number of rotatable bonds is 7. The van der Waals surface area contributed by atoms with E-state index < -0.39 is 0 Å². The average molecular weight is 328 g/mol. The van der Waals surface area contributed by atoms with Crippen molar-refractivity contribution in [1.82, 2.24) is 10.6 Å². The number of hydrogen-bond donors (Lipinski definition) is 3. The lowest BCUT2D eigenvalue weighted by atomic mass is 9.99. The van der Waals surface area contributed by atoms with Gasteiger partial charge in [-0.2, -0.15) is 0 Å². The predicted molar refractivity (Wildman–Crippen MR) is 94.1 cm³/mol. The van der Waals surface area contributed by atoms with Gasteiger partial charge in [-0.15, -0.1) is 0 Å². The van der Waals surface area contributed by atoms with Crippen molar-refractivity contribution in [2.24, 2.45) is 0 Å². The van der Waals surface area contributed by atoms with Gasteiger partial charge >= 0.3 is 6.03 Å². The van der Waals surface area contributed by atoms with Gasteiger partial charge in [0.25, 0.3) is 0 Å². The zero-order valence-corrected chi connectivity index (χ0v) is 14.0. The number of amides is 2. The maximum atomic E-state index is 12.2. The van der Waals surface area contributed by atoms with Crippen molar-refractivity contribution < 1.29 is 14.6 Å². The van der Waals surface area contributed by atoms with E-state index in [4.69, 9.17) is 9.84 Å². The van der Waals surface area contributed by atoms with E-state index in [2.05, 4.69) is 10.6 Å². The van der Waals surface area contributed by atoms with E-state index in [1.807, 2.05) is 61.5 Å². The van der Waals surface area contributed by atoms with Crippen LogP contribution in [0.15, 0.2) is 54.6 Å². The standard InChI is InChI=1S/C19H24N2O3/c1-3-24-17-11-9-16(10-12-17)18(15-7-5-4-6-8-15)21-19(23)20-14(2)13-22/h4-12,14,18,22H,3,13H2,1-2H3,(H2,20,21,23). The van der Waals surface area contributed by atoms with Gasteiger partial charge in [0.15, 0.2) is 0 Å². The quantitative estimate of drug-likeness (QED) is 0.732. The summed E-state index contributed by atoms with van der Waals surface area (Å²) in [6, 6.07) is 16.5. The zero-order chi connectivity index (χ0) is 17.4. The zero-order valence-electron chi connectivity index (χ0n) is 14.0. The Bertz CT molecular complexity index is 629. The molecule has 128 valence electrons. The maximum Gasteiger partial charge on any atom is 0.315 e. The predicted octanol–water partition coefficient (Wildman–Crippen LogP) is 2.85. The topological polar surface area (TPSA) is 70.6 Å². The molecule has 24 heavy (non-hydrogen) atoms. The molecule has 2 aromatic carbocycles. The molecule has 2 unspecified atom stereocenters. The minimum absolute atomic E-state index is 0.105. The lowest BCUT2D eigenvalue weighted by Gasteiger charge is -2.21. The van der Waals surface area contributed by atoms with Gasteiger partial charge in [0.05, 0.1) is 25.3 Å². The summed E-state index contributed by atoms with van der Waals surface area (Å²) >= 11 is 0. The summed E-state index contributed by atoms with van der Waals surface area (Å²) in [7, 11) is 0. The van der Waals surface area contributed by atoms with Crippen LogP contribution in [0.25, 0.3) is 0 Å². The number of benzene rings is 2. The van der Waals surface area contributed by atoms with Gasteiger partial charge in [-0.3, -0.25) is 0 Å². The number of aliphatic hydroxyl groups is 1. The van der Waals surface area contributed by atoms with Crippen LogP contribution in [0, 0.1) is 0 Å². The third-order valence-corrected chi connectivity index (χ3v) is 3.58. The van der Waals surface area contributed by atoms with Crippen molar-refractivity contribution in [3.8, 4) is 5.75 Å².